The highest BCUT2D eigenvalue weighted by atomic mass is 32.2. The van der Waals surface area contributed by atoms with E-state index < -0.39 is 9.84 Å². The third-order valence-electron chi connectivity index (χ3n) is 5.32. The van der Waals surface area contributed by atoms with Gasteiger partial charge in [-0.1, -0.05) is 12.1 Å². The number of sulfone groups is 1. The van der Waals surface area contributed by atoms with Crippen molar-refractivity contribution in [3.63, 3.8) is 0 Å². The van der Waals surface area contributed by atoms with Crippen LogP contribution in [0.4, 0.5) is 11.6 Å². The first-order valence-corrected chi connectivity index (χ1v) is 12.2. The van der Waals surface area contributed by atoms with Crippen molar-refractivity contribution in [2.24, 2.45) is 0 Å². The van der Waals surface area contributed by atoms with E-state index in [2.05, 4.69) is 20.4 Å². The summed E-state index contributed by atoms with van der Waals surface area (Å²) in [6.07, 6.45) is 3.29. The lowest BCUT2D eigenvalue weighted by molar-refractivity contribution is 0.414. The average Bonchev–Trinajstić information content (AvgIpc) is 3.07. The highest BCUT2D eigenvalue weighted by Crippen LogP contribution is 2.26. The zero-order valence-electron chi connectivity index (χ0n) is 18.9. The van der Waals surface area contributed by atoms with Crippen LogP contribution in [0.15, 0.2) is 65.7 Å². The number of nitrogens with one attached hydrogen (secondary N) is 1. The molecule has 2 heterocycles. The number of methoxy groups -OCH3 is 1. The number of aryl methyl sites for hydroxylation is 1. The molecule has 2 aromatic carbocycles. The van der Waals surface area contributed by atoms with E-state index in [-0.39, 0.29) is 4.90 Å². The van der Waals surface area contributed by atoms with E-state index in [0.717, 1.165) is 34.1 Å². The Morgan fingerprint density at radius 3 is 2.52 bits per heavy atom. The lowest BCUT2D eigenvalue weighted by Crippen LogP contribution is -2.06. The standard InChI is InChI=1S/C24H25N5O3S/c1-16-17(2)28-29(19-8-10-20(32-3)11-9-19)24(16)27-22-12-13-25-23(26-22)15-18-6-5-7-21(14-18)33(4,30)31/h5-14H,15H2,1-4H3,(H,25,26,27). The number of hydrogen-bond donors (Lipinski definition) is 1. The van der Waals surface area contributed by atoms with Gasteiger partial charge < -0.3 is 10.1 Å². The van der Waals surface area contributed by atoms with E-state index in [1.165, 1.54) is 6.26 Å². The molecule has 0 radical (unpaired) electrons. The van der Waals surface area contributed by atoms with Crippen molar-refractivity contribution in [2.75, 3.05) is 18.7 Å². The monoisotopic (exact) mass is 463 g/mol. The Morgan fingerprint density at radius 1 is 1.06 bits per heavy atom. The number of hydrogen-bond acceptors (Lipinski definition) is 7. The first kappa shape index (κ1) is 22.5. The lowest BCUT2D eigenvalue weighted by atomic mass is 10.1. The van der Waals surface area contributed by atoms with E-state index in [9.17, 15) is 8.42 Å². The second-order valence-electron chi connectivity index (χ2n) is 7.75. The Hall–Kier alpha value is -3.72. The second kappa shape index (κ2) is 9.03. The van der Waals surface area contributed by atoms with Gasteiger partial charge in [-0.3, -0.25) is 0 Å². The molecule has 0 aliphatic rings. The predicted octanol–water partition coefficient (Wildman–Crippen LogP) is 4.03. The second-order valence-corrected chi connectivity index (χ2v) is 9.76. The van der Waals surface area contributed by atoms with Crippen LogP contribution in [0, 0.1) is 13.8 Å². The summed E-state index contributed by atoms with van der Waals surface area (Å²) in [5, 5.41) is 8.04. The zero-order valence-corrected chi connectivity index (χ0v) is 19.7. The molecule has 9 heteroatoms. The van der Waals surface area contributed by atoms with Crippen LogP contribution >= 0.6 is 0 Å². The highest BCUT2D eigenvalue weighted by molar-refractivity contribution is 7.90. The molecule has 0 unspecified atom stereocenters. The van der Waals surface area contributed by atoms with Gasteiger partial charge in [0.2, 0.25) is 0 Å². The Morgan fingerprint density at radius 2 is 1.82 bits per heavy atom. The van der Waals surface area contributed by atoms with Crippen LogP contribution in [0.2, 0.25) is 0 Å². The van der Waals surface area contributed by atoms with Crippen LogP contribution in [0.25, 0.3) is 5.69 Å². The topological polar surface area (TPSA) is 99.0 Å². The molecule has 8 nitrogen and oxygen atoms in total. The van der Waals surface area contributed by atoms with E-state index in [0.29, 0.717) is 18.1 Å². The summed E-state index contributed by atoms with van der Waals surface area (Å²) in [5.74, 6) is 2.78. The summed E-state index contributed by atoms with van der Waals surface area (Å²) in [6.45, 7) is 3.96. The fraction of sp³-hybridized carbons (Fsp3) is 0.208. The van der Waals surface area contributed by atoms with Crippen molar-refractivity contribution in [3.8, 4) is 11.4 Å². The third-order valence-corrected chi connectivity index (χ3v) is 6.43. The van der Waals surface area contributed by atoms with Crippen molar-refractivity contribution in [2.45, 2.75) is 25.2 Å². The normalized spacial score (nSPS) is 11.4. The maximum Gasteiger partial charge on any atom is 0.175 e. The maximum atomic E-state index is 11.9. The van der Waals surface area contributed by atoms with Crippen LogP contribution < -0.4 is 10.1 Å². The molecule has 0 spiro atoms. The van der Waals surface area contributed by atoms with Gasteiger partial charge in [-0.05, 0) is 61.9 Å². The van der Waals surface area contributed by atoms with Crippen LogP contribution in [0.5, 0.6) is 5.75 Å². The Labute approximate surface area is 193 Å². The van der Waals surface area contributed by atoms with Crippen LogP contribution in [0.3, 0.4) is 0 Å². The molecule has 170 valence electrons. The van der Waals surface area contributed by atoms with E-state index in [4.69, 9.17) is 4.74 Å². The minimum Gasteiger partial charge on any atom is -0.497 e. The fourth-order valence-corrected chi connectivity index (χ4v) is 4.10. The van der Waals surface area contributed by atoms with Gasteiger partial charge >= 0.3 is 0 Å². The van der Waals surface area contributed by atoms with E-state index in [1.807, 2.05) is 48.9 Å². The van der Waals surface area contributed by atoms with Gasteiger partial charge in [-0.25, -0.2) is 23.1 Å². The fourth-order valence-electron chi connectivity index (χ4n) is 3.41. The van der Waals surface area contributed by atoms with Crippen LogP contribution in [-0.2, 0) is 16.3 Å². The van der Waals surface area contributed by atoms with Gasteiger partial charge in [0, 0.05) is 24.4 Å². The Kier molecular flexibility index (Phi) is 6.15. The maximum absolute atomic E-state index is 11.9. The van der Waals surface area contributed by atoms with E-state index >= 15 is 0 Å². The van der Waals surface area contributed by atoms with Crippen molar-refractivity contribution >= 4 is 21.5 Å². The van der Waals surface area contributed by atoms with Crippen molar-refractivity contribution in [3.05, 3.63) is 83.4 Å². The molecule has 0 fully saturated rings. The first-order valence-electron chi connectivity index (χ1n) is 10.3. The summed E-state index contributed by atoms with van der Waals surface area (Å²) in [5.41, 5.74) is 3.62. The van der Waals surface area contributed by atoms with Crippen molar-refractivity contribution < 1.29 is 13.2 Å². The van der Waals surface area contributed by atoms with Gasteiger partial charge in [0.1, 0.15) is 23.2 Å². The van der Waals surface area contributed by atoms with Crippen LogP contribution in [0.1, 0.15) is 22.6 Å². The Balaban J connectivity index is 1.62. The number of nitrogens with zero attached hydrogens (tertiary/aromatic N) is 4. The summed E-state index contributed by atoms with van der Waals surface area (Å²) < 4.78 is 30.8. The number of rotatable bonds is 7. The van der Waals surface area contributed by atoms with Gasteiger partial charge in [-0.15, -0.1) is 0 Å². The molecule has 0 saturated heterocycles. The molecule has 0 aliphatic heterocycles. The molecular formula is C24H25N5O3S. The highest BCUT2D eigenvalue weighted by Gasteiger charge is 2.15. The molecule has 0 amide bonds. The third kappa shape index (κ3) is 5.04. The van der Waals surface area contributed by atoms with Gasteiger partial charge in [0.25, 0.3) is 0 Å². The molecule has 1 N–H and O–H groups in total. The largest absolute Gasteiger partial charge is 0.497 e. The zero-order chi connectivity index (χ0) is 23.6. The molecule has 2 aromatic heterocycles. The number of ether oxygens (including phenoxy) is 1. The smallest absolute Gasteiger partial charge is 0.175 e. The minimum absolute atomic E-state index is 0.281. The summed E-state index contributed by atoms with van der Waals surface area (Å²) in [4.78, 5) is 9.27. The summed E-state index contributed by atoms with van der Waals surface area (Å²) in [6, 6.07) is 16.3. The molecule has 4 rings (SSSR count). The molecule has 0 bridgehead atoms. The molecule has 0 saturated carbocycles. The minimum atomic E-state index is -3.28. The van der Waals surface area contributed by atoms with Crippen LogP contribution in [-0.4, -0.2) is 41.5 Å². The molecule has 0 atom stereocenters. The average molecular weight is 464 g/mol. The SMILES string of the molecule is COc1ccc(-n2nc(C)c(C)c2Nc2ccnc(Cc3cccc(S(C)(=O)=O)c3)n2)cc1. The number of aromatic nitrogens is 4. The predicted molar refractivity (Wildman–Crippen MR) is 127 cm³/mol. The molecule has 0 aliphatic carbocycles. The molecule has 4 aromatic rings. The quantitative estimate of drug-likeness (QED) is 0.442. The first-order chi connectivity index (χ1) is 15.7. The Bertz CT molecular complexity index is 1400. The van der Waals surface area contributed by atoms with Gasteiger partial charge in [0.05, 0.1) is 23.4 Å². The number of benzene rings is 2. The molecule has 33 heavy (non-hydrogen) atoms. The van der Waals surface area contributed by atoms with Crippen molar-refractivity contribution in [1.82, 2.24) is 19.7 Å². The summed E-state index contributed by atoms with van der Waals surface area (Å²) >= 11 is 0. The lowest BCUT2D eigenvalue weighted by Gasteiger charge is -2.12. The molecular weight excluding hydrogens is 438 g/mol. The van der Waals surface area contributed by atoms with E-state index in [1.54, 1.807) is 37.6 Å². The van der Waals surface area contributed by atoms with Gasteiger partial charge in [0.15, 0.2) is 9.84 Å². The van der Waals surface area contributed by atoms with Crippen molar-refractivity contribution in [1.29, 1.82) is 0 Å². The number of anilines is 2. The van der Waals surface area contributed by atoms with Gasteiger partial charge in [-0.2, -0.15) is 5.10 Å². The summed E-state index contributed by atoms with van der Waals surface area (Å²) in [7, 11) is -1.64.